The van der Waals surface area contributed by atoms with E-state index in [1.807, 2.05) is 17.5 Å². The van der Waals surface area contributed by atoms with Gasteiger partial charge in [0.15, 0.2) is 0 Å². The zero-order valence-electron chi connectivity index (χ0n) is 7.14. The van der Waals surface area contributed by atoms with E-state index in [1.165, 1.54) is 9.75 Å². The molecule has 0 aliphatic rings. The van der Waals surface area contributed by atoms with Crippen LogP contribution in [0, 0.1) is 0 Å². The molecular formula is C9H9BrClNS2. The minimum atomic E-state index is 0. The molecule has 14 heavy (non-hydrogen) atoms. The molecule has 2 aromatic rings. The van der Waals surface area contributed by atoms with Crippen molar-refractivity contribution in [1.82, 2.24) is 0 Å². The van der Waals surface area contributed by atoms with Crippen molar-refractivity contribution in [3.63, 3.8) is 0 Å². The van der Waals surface area contributed by atoms with Crippen molar-refractivity contribution in [1.29, 1.82) is 0 Å². The van der Waals surface area contributed by atoms with Crippen LogP contribution in [-0.4, -0.2) is 0 Å². The fraction of sp³-hybridized carbons (Fsp3) is 0.111. The fourth-order valence-electron chi connectivity index (χ4n) is 1.12. The number of hydrogen-bond acceptors (Lipinski definition) is 3. The summed E-state index contributed by atoms with van der Waals surface area (Å²) in [6, 6.07) is 6.16. The second kappa shape index (κ2) is 5.28. The first kappa shape index (κ1) is 12.2. The molecule has 0 saturated heterocycles. The molecule has 2 N–H and O–H groups in total. The Morgan fingerprint density at radius 1 is 1.21 bits per heavy atom. The standard InChI is InChI=1S/C9H8BrNS2.ClH/c10-6-3-5-13-9(6)8(11)7-2-1-4-12-7;/h1-5,8H,11H2;1H/t8-;/m0./s1. The average molecular weight is 311 g/mol. The quantitative estimate of drug-likeness (QED) is 0.890. The van der Waals surface area contributed by atoms with Gasteiger partial charge >= 0.3 is 0 Å². The van der Waals surface area contributed by atoms with E-state index in [1.54, 1.807) is 22.7 Å². The van der Waals surface area contributed by atoms with E-state index in [-0.39, 0.29) is 18.4 Å². The van der Waals surface area contributed by atoms with E-state index in [4.69, 9.17) is 5.73 Å². The molecule has 76 valence electrons. The summed E-state index contributed by atoms with van der Waals surface area (Å²) in [6.07, 6.45) is 0. The van der Waals surface area contributed by atoms with Crippen LogP contribution in [0.4, 0.5) is 0 Å². The van der Waals surface area contributed by atoms with Crippen LogP contribution in [0.15, 0.2) is 33.4 Å². The first-order chi connectivity index (χ1) is 6.29. The molecule has 2 aromatic heterocycles. The lowest BCUT2D eigenvalue weighted by Crippen LogP contribution is -2.08. The fourth-order valence-corrected chi connectivity index (χ4v) is 3.57. The highest BCUT2D eigenvalue weighted by molar-refractivity contribution is 9.10. The summed E-state index contributed by atoms with van der Waals surface area (Å²) in [4.78, 5) is 2.41. The lowest BCUT2D eigenvalue weighted by Gasteiger charge is -2.07. The molecule has 2 rings (SSSR count). The van der Waals surface area contributed by atoms with Gasteiger partial charge in [-0.1, -0.05) is 6.07 Å². The topological polar surface area (TPSA) is 26.0 Å². The van der Waals surface area contributed by atoms with Crippen LogP contribution in [0.3, 0.4) is 0 Å². The van der Waals surface area contributed by atoms with Crippen molar-refractivity contribution >= 4 is 51.0 Å². The number of halogens is 2. The summed E-state index contributed by atoms with van der Waals surface area (Å²) >= 11 is 6.88. The highest BCUT2D eigenvalue weighted by Crippen LogP contribution is 2.33. The molecule has 5 heteroatoms. The second-order valence-electron chi connectivity index (χ2n) is 2.63. The van der Waals surface area contributed by atoms with Gasteiger partial charge in [-0.2, -0.15) is 0 Å². The zero-order chi connectivity index (χ0) is 9.26. The van der Waals surface area contributed by atoms with Gasteiger partial charge in [-0.3, -0.25) is 0 Å². The molecule has 0 unspecified atom stereocenters. The van der Waals surface area contributed by atoms with Gasteiger partial charge in [0.25, 0.3) is 0 Å². The van der Waals surface area contributed by atoms with Crippen molar-refractivity contribution < 1.29 is 0 Å². The SMILES string of the molecule is Cl.N[C@@H](c1cccs1)c1sccc1Br. The molecule has 0 aliphatic heterocycles. The Bertz CT molecular complexity index is 385. The third-order valence-corrected chi connectivity index (χ3v) is 4.69. The summed E-state index contributed by atoms with van der Waals surface area (Å²) < 4.78 is 1.11. The molecule has 0 aromatic carbocycles. The predicted molar refractivity (Wildman–Crippen MR) is 69.6 cm³/mol. The molecule has 0 saturated carbocycles. The number of rotatable bonds is 2. The first-order valence-corrected chi connectivity index (χ1v) is 6.36. The minimum Gasteiger partial charge on any atom is -0.319 e. The molecule has 0 aliphatic carbocycles. The summed E-state index contributed by atoms with van der Waals surface area (Å²) in [5.41, 5.74) is 6.10. The summed E-state index contributed by atoms with van der Waals surface area (Å²) in [7, 11) is 0. The van der Waals surface area contributed by atoms with Gasteiger partial charge in [-0.15, -0.1) is 35.1 Å². The van der Waals surface area contributed by atoms with E-state index in [0.29, 0.717) is 0 Å². The van der Waals surface area contributed by atoms with Crippen molar-refractivity contribution in [2.75, 3.05) is 0 Å². The molecule has 0 radical (unpaired) electrons. The van der Waals surface area contributed by atoms with Gasteiger partial charge in [0.05, 0.1) is 6.04 Å². The Morgan fingerprint density at radius 3 is 2.50 bits per heavy atom. The van der Waals surface area contributed by atoms with Gasteiger partial charge in [0, 0.05) is 14.2 Å². The van der Waals surface area contributed by atoms with Crippen LogP contribution >= 0.6 is 51.0 Å². The number of thiophene rings is 2. The molecule has 0 fully saturated rings. The van der Waals surface area contributed by atoms with Gasteiger partial charge in [-0.05, 0) is 38.8 Å². The van der Waals surface area contributed by atoms with Crippen LogP contribution in [0.25, 0.3) is 0 Å². The maximum atomic E-state index is 6.10. The summed E-state index contributed by atoms with van der Waals surface area (Å²) in [5, 5.41) is 4.10. The normalized spacial score (nSPS) is 12.1. The molecule has 2 heterocycles. The molecule has 0 spiro atoms. The Labute approximate surface area is 105 Å². The van der Waals surface area contributed by atoms with Crippen LogP contribution in [0.5, 0.6) is 0 Å². The molecule has 0 amide bonds. The minimum absolute atomic E-state index is 0. The third-order valence-electron chi connectivity index (χ3n) is 1.78. The largest absolute Gasteiger partial charge is 0.319 e. The van der Waals surface area contributed by atoms with Crippen LogP contribution < -0.4 is 5.73 Å². The third kappa shape index (κ3) is 2.38. The Morgan fingerprint density at radius 2 is 2.00 bits per heavy atom. The monoisotopic (exact) mass is 309 g/mol. The smallest absolute Gasteiger partial charge is 0.0751 e. The number of nitrogens with two attached hydrogens (primary N) is 1. The van der Waals surface area contributed by atoms with Crippen LogP contribution in [0.2, 0.25) is 0 Å². The molecular weight excluding hydrogens is 302 g/mol. The Hall–Kier alpha value is 0.130. The summed E-state index contributed by atoms with van der Waals surface area (Å²) in [5.74, 6) is 0. The first-order valence-electron chi connectivity index (χ1n) is 3.81. The number of hydrogen-bond donors (Lipinski definition) is 1. The van der Waals surface area contributed by atoms with Crippen molar-refractivity contribution in [3.8, 4) is 0 Å². The maximum absolute atomic E-state index is 6.10. The van der Waals surface area contributed by atoms with E-state index >= 15 is 0 Å². The highest BCUT2D eigenvalue weighted by atomic mass is 79.9. The van der Waals surface area contributed by atoms with E-state index in [9.17, 15) is 0 Å². The van der Waals surface area contributed by atoms with Gasteiger partial charge in [-0.25, -0.2) is 0 Å². The predicted octanol–water partition coefficient (Wildman–Crippen LogP) is 4.04. The van der Waals surface area contributed by atoms with Crippen LogP contribution in [0.1, 0.15) is 15.8 Å². The highest BCUT2D eigenvalue weighted by Gasteiger charge is 2.13. The maximum Gasteiger partial charge on any atom is 0.0751 e. The lowest BCUT2D eigenvalue weighted by molar-refractivity contribution is 0.912. The molecule has 1 atom stereocenters. The second-order valence-corrected chi connectivity index (χ2v) is 5.41. The average Bonchev–Trinajstić information content (AvgIpc) is 2.72. The van der Waals surface area contributed by atoms with E-state index in [0.717, 1.165) is 4.47 Å². The van der Waals surface area contributed by atoms with Crippen molar-refractivity contribution in [2.24, 2.45) is 5.73 Å². The van der Waals surface area contributed by atoms with Crippen LogP contribution in [-0.2, 0) is 0 Å². The summed E-state index contributed by atoms with van der Waals surface area (Å²) in [6.45, 7) is 0. The van der Waals surface area contributed by atoms with Gasteiger partial charge in [0.2, 0.25) is 0 Å². The molecule has 0 bridgehead atoms. The van der Waals surface area contributed by atoms with Gasteiger partial charge < -0.3 is 5.73 Å². The lowest BCUT2D eigenvalue weighted by atomic mass is 10.2. The van der Waals surface area contributed by atoms with Crippen molar-refractivity contribution in [3.05, 3.63) is 43.2 Å². The van der Waals surface area contributed by atoms with E-state index < -0.39 is 0 Å². The van der Waals surface area contributed by atoms with E-state index in [2.05, 4.69) is 27.4 Å². The van der Waals surface area contributed by atoms with Gasteiger partial charge in [0.1, 0.15) is 0 Å². The Balaban J connectivity index is 0.000000980. The van der Waals surface area contributed by atoms with Crippen molar-refractivity contribution in [2.45, 2.75) is 6.04 Å². The molecule has 1 nitrogen and oxygen atoms in total. The zero-order valence-corrected chi connectivity index (χ0v) is 11.2. The Kier molecular flexibility index (Phi) is 4.60.